The number of piperidine rings is 1. The van der Waals surface area contributed by atoms with Gasteiger partial charge in [0.1, 0.15) is 0 Å². The van der Waals surface area contributed by atoms with Crippen LogP contribution in [0.2, 0.25) is 0 Å². The third-order valence-corrected chi connectivity index (χ3v) is 7.84. The van der Waals surface area contributed by atoms with Gasteiger partial charge in [0.05, 0.1) is 4.90 Å². The first-order chi connectivity index (χ1) is 13.7. The number of sulfonamides is 1. The van der Waals surface area contributed by atoms with Crippen molar-refractivity contribution in [1.82, 2.24) is 9.21 Å². The lowest BCUT2D eigenvalue weighted by Crippen LogP contribution is -2.47. The molecule has 2 atom stereocenters. The molecule has 0 radical (unpaired) electrons. The lowest BCUT2D eigenvalue weighted by Gasteiger charge is -2.36. The molecule has 154 valence electrons. The zero-order valence-corrected chi connectivity index (χ0v) is 18.1. The number of likely N-dealkylation sites (tertiary alicyclic amines) is 1. The Morgan fingerprint density at radius 2 is 1.90 bits per heavy atom. The summed E-state index contributed by atoms with van der Waals surface area (Å²) in [6.45, 7) is 3.93. The number of amides is 1. The highest BCUT2D eigenvalue weighted by Gasteiger charge is 2.44. The van der Waals surface area contributed by atoms with E-state index in [-0.39, 0.29) is 22.8 Å². The molecule has 0 aliphatic carbocycles. The predicted octanol–water partition coefficient (Wildman–Crippen LogP) is 2.69. The molecule has 2 aliphatic rings. The molecule has 2 heterocycles. The van der Waals surface area contributed by atoms with Crippen LogP contribution in [0.5, 0.6) is 0 Å². The minimum Gasteiger partial charge on any atom is -0.306 e. The number of hydrogen-bond donors (Lipinski definition) is 0. The van der Waals surface area contributed by atoms with Crippen LogP contribution in [0.25, 0.3) is 0 Å². The van der Waals surface area contributed by atoms with E-state index in [0.717, 1.165) is 29.5 Å². The van der Waals surface area contributed by atoms with E-state index in [9.17, 15) is 13.2 Å². The minimum absolute atomic E-state index is 0.101. The molecule has 7 heteroatoms. The molecule has 0 saturated carbocycles. The topological polar surface area (TPSA) is 60.9 Å². The summed E-state index contributed by atoms with van der Waals surface area (Å²) >= 11 is 0. The maximum Gasteiger partial charge on any atom is 0.258 e. The Morgan fingerprint density at radius 3 is 2.62 bits per heavy atom. The van der Waals surface area contributed by atoms with Gasteiger partial charge in [0, 0.05) is 43.9 Å². The Kier molecular flexibility index (Phi) is 5.01. The molecule has 6 nitrogen and oxygen atoms in total. The van der Waals surface area contributed by atoms with Crippen LogP contribution < -0.4 is 4.90 Å². The summed E-state index contributed by atoms with van der Waals surface area (Å²) in [5, 5.41) is 0. The van der Waals surface area contributed by atoms with E-state index in [0.29, 0.717) is 5.56 Å². The third kappa shape index (κ3) is 3.37. The molecule has 0 spiro atoms. The molecule has 29 heavy (non-hydrogen) atoms. The molecular weight excluding hydrogens is 386 g/mol. The van der Waals surface area contributed by atoms with Gasteiger partial charge in [-0.2, -0.15) is 0 Å². The second kappa shape index (κ2) is 7.23. The molecular formula is C22H27N3O3S. The number of aryl methyl sites for hydroxylation is 1. The van der Waals surface area contributed by atoms with E-state index in [1.165, 1.54) is 37.4 Å². The fourth-order valence-electron chi connectivity index (χ4n) is 4.49. The van der Waals surface area contributed by atoms with Crippen molar-refractivity contribution in [3.8, 4) is 0 Å². The summed E-state index contributed by atoms with van der Waals surface area (Å²) in [7, 11) is 1.50. The number of hydrogen-bond acceptors (Lipinski definition) is 4. The SMILES string of the molecule is Cc1ccc2c(c1)[C@@H]1CN(C)CC[C@H]1N2C(=O)c1cccc(S(=O)(=O)N(C)C)c1. The fraction of sp³-hybridized carbons (Fsp3) is 0.409. The highest BCUT2D eigenvalue weighted by atomic mass is 32.2. The monoisotopic (exact) mass is 413 g/mol. The zero-order valence-electron chi connectivity index (χ0n) is 17.3. The number of rotatable bonds is 3. The number of anilines is 1. The van der Waals surface area contributed by atoms with E-state index >= 15 is 0 Å². The van der Waals surface area contributed by atoms with Crippen molar-refractivity contribution < 1.29 is 13.2 Å². The second-order valence-corrected chi connectivity index (χ2v) is 10.4. The zero-order chi connectivity index (χ0) is 20.9. The van der Waals surface area contributed by atoms with Crippen LogP contribution in [0, 0.1) is 6.92 Å². The van der Waals surface area contributed by atoms with Crippen LogP contribution >= 0.6 is 0 Å². The molecule has 1 fully saturated rings. The van der Waals surface area contributed by atoms with Gasteiger partial charge in [-0.25, -0.2) is 12.7 Å². The molecule has 2 aromatic rings. The van der Waals surface area contributed by atoms with Crippen molar-refractivity contribution in [3.63, 3.8) is 0 Å². The first kappa shape index (κ1) is 20.1. The van der Waals surface area contributed by atoms with Crippen molar-refractivity contribution in [2.75, 3.05) is 39.1 Å². The predicted molar refractivity (Wildman–Crippen MR) is 114 cm³/mol. The van der Waals surface area contributed by atoms with Crippen LogP contribution in [0.15, 0.2) is 47.4 Å². The number of nitrogens with zero attached hydrogens (tertiary/aromatic N) is 3. The molecule has 4 rings (SSSR count). The fourth-order valence-corrected chi connectivity index (χ4v) is 5.43. The first-order valence-corrected chi connectivity index (χ1v) is 11.3. The van der Waals surface area contributed by atoms with Gasteiger partial charge in [-0.1, -0.05) is 23.8 Å². The molecule has 0 unspecified atom stereocenters. The van der Waals surface area contributed by atoms with Gasteiger partial charge >= 0.3 is 0 Å². The Hall–Kier alpha value is -2.22. The van der Waals surface area contributed by atoms with Gasteiger partial charge in [0.2, 0.25) is 10.0 Å². The van der Waals surface area contributed by atoms with Crippen molar-refractivity contribution in [2.45, 2.75) is 30.2 Å². The maximum absolute atomic E-state index is 13.6. The van der Waals surface area contributed by atoms with E-state index in [1.807, 2.05) is 17.0 Å². The highest BCUT2D eigenvalue weighted by molar-refractivity contribution is 7.89. The lowest BCUT2D eigenvalue weighted by atomic mass is 9.88. The van der Waals surface area contributed by atoms with Gasteiger partial charge < -0.3 is 9.80 Å². The number of carbonyl (C=O) groups excluding carboxylic acids is 1. The molecule has 2 aromatic carbocycles. The maximum atomic E-state index is 13.6. The summed E-state index contributed by atoms with van der Waals surface area (Å²) in [6.07, 6.45) is 0.899. The average Bonchev–Trinajstić information content (AvgIpc) is 3.00. The summed E-state index contributed by atoms with van der Waals surface area (Å²) in [5.41, 5.74) is 3.75. The Labute approximate surface area is 172 Å². The van der Waals surface area contributed by atoms with Gasteiger partial charge in [-0.3, -0.25) is 4.79 Å². The van der Waals surface area contributed by atoms with Crippen molar-refractivity contribution in [2.24, 2.45) is 0 Å². The third-order valence-electron chi connectivity index (χ3n) is 6.03. The molecule has 1 amide bonds. The van der Waals surface area contributed by atoms with Crippen LogP contribution in [0.3, 0.4) is 0 Å². The Morgan fingerprint density at radius 1 is 1.14 bits per heavy atom. The van der Waals surface area contributed by atoms with Crippen LogP contribution in [-0.2, 0) is 10.0 Å². The minimum atomic E-state index is -3.60. The van der Waals surface area contributed by atoms with Crippen LogP contribution in [-0.4, -0.2) is 63.8 Å². The van der Waals surface area contributed by atoms with Crippen molar-refractivity contribution in [1.29, 1.82) is 0 Å². The second-order valence-electron chi connectivity index (χ2n) is 8.28. The lowest BCUT2D eigenvalue weighted by molar-refractivity contribution is 0.0964. The normalized spacial score (nSPS) is 21.9. The summed E-state index contributed by atoms with van der Waals surface area (Å²) < 4.78 is 26.2. The largest absolute Gasteiger partial charge is 0.306 e. The molecule has 0 bridgehead atoms. The quantitative estimate of drug-likeness (QED) is 0.776. The Balaban J connectivity index is 1.76. The van der Waals surface area contributed by atoms with Gasteiger partial charge in [0.25, 0.3) is 5.91 Å². The Bertz CT molecular complexity index is 1060. The summed E-state index contributed by atoms with van der Waals surface area (Å²) in [4.78, 5) is 17.9. The van der Waals surface area contributed by atoms with E-state index < -0.39 is 10.0 Å². The number of carbonyl (C=O) groups is 1. The van der Waals surface area contributed by atoms with Gasteiger partial charge in [0.15, 0.2) is 0 Å². The number of likely N-dealkylation sites (N-methyl/N-ethyl adjacent to an activating group) is 1. The summed E-state index contributed by atoms with van der Waals surface area (Å²) in [6, 6.07) is 12.7. The molecule has 0 N–H and O–H groups in total. The molecule has 2 aliphatic heterocycles. The first-order valence-electron chi connectivity index (χ1n) is 9.85. The van der Waals surface area contributed by atoms with Crippen LogP contribution in [0.1, 0.15) is 33.8 Å². The van der Waals surface area contributed by atoms with Gasteiger partial charge in [-0.05, 0) is 56.8 Å². The highest BCUT2D eigenvalue weighted by Crippen LogP contribution is 2.45. The number of fused-ring (bicyclic) bond motifs is 3. The van der Waals surface area contributed by atoms with Crippen molar-refractivity contribution in [3.05, 3.63) is 59.2 Å². The average molecular weight is 414 g/mol. The van der Waals surface area contributed by atoms with Crippen LogP contribution in [0.4, 0.5) is 5.69 Å². The van der Waals surface area contributed by atoms with E-state index in [2.05, 4.69) is 24.9 Å². The smallest absolute Gasteiger partial charge is 0.258 e. The summed E-state index contributed by atoms with van der Waals surface area (Å²) in [5.74, 6) is 0.143. The standard InChI is InChI=1S/C22H27N3O3S/c1-15-8-9-20-18(12-15)19-14-24(4)11-10-21(19)25(20)22(26)16-6-5-7-17(13-16)29(27,28)23(2)3/h5-9,12-13,19,21H,10-11,14H2,1-4H3/t19-,21+/m0/s1. The van der Waals surface area contributed by atoms with E-state index in [1.54, 1.807) is 12.1 Å². The molecule has 0 aromatic heterocycles. The van der Waals surface area contributed by atoms with Crippen molar-refractivity contribution >= 4 is 21.6 Å². The number of benzene rings is 2. The molecule has 1 saturated heterocycles. The van der Waals surface area contributed by atoms with E-state index in [4.69, 9.17) is 0 Å². The van der Waals surface area contributed by atoms with Gasteiger partial charge in [-0.15, -0.1) is 0 Å².